The summed E-state index contributed by atoms with van der Waals surface area (Å²) in [5.74, 6) is -0.364. The van der Waals surface area contributed by atoms with Crippen LogP contribution in [0.5, 0.6) is 0 Å². The molecular weight excluding hydrogens is 406 g/mol. The van der Waals surface area contributed by atoms with Gasteiger partial charge in [-0.2, -0.15) is 18.7 Å². The molecule has 0 aliphatic heterocycles. The summed E-state index contributed by atoms with van der Waals surface area (Å²) in [6, 6.07) is 15.9. The van der Waals surface area contributed by atoms with Crippen molar-refractivity contribution < 1.29 is 31.7 Å². The molecule has 2 unspecified atom stereocenters. The summed E-state index contributed by atoms with van der Waals surface area (Å²) in [6.07, 6.45) is -2.63. The SMILES string of the molecule is O=CC(CCCO[PH](=O)ONCC(F)(F)F)C1c2ccccc2-c2ccccc21. The Bertz CT molecular complexity index is 829. The molecule has 0 amide bonds. The van der Waals surface area contributed by atoms with Crippen LogP contribution in [0.4, 0.5) is 13.2 Å². The Balaban J connectivity index is 1.55. The molecule has 3 rings (SSSR count). The Hall–Kier alpha value is -1.99. The minimum absolute atomic E-state index is 0.0197. The lowest BCUT2D eigenvalue weighted by molar-refractivity contribution is -0.137. The van der Waals surface area contributed by atoms with E-state index < -0.39 is 21.0 Å². The van der Waals surface area contributed by atoms with Crippen LogP contribution in [0.1, 0.15) is 29.9 Å². The molecule has 2 atom stereocenters. The average molecular weight is 427 g/mol. The van der Waals surface area contributed by atoms with E-state index in [-0.39, 0.29) is 18.4 Å². The van der Waals surface area contributed by atoms with Crippen LogP contribution in [0.2, 0.25) is 0 Å². The quantitative estimate of drug-likeness (QED) is 0.253. The largest absolute Gasteiger partial charge is 0.403 e. The van der Waals surface area contributed by atoms with Gasteiger partial charge >= 0.3 is 14.4 Å². The number of benzene rings is 2. The molecule has 0 spiro atoms. The Kier molecular flexibility index (Phi) is 7.24. The standard InChI is InChI=1S/C20H21F3NO4P/c21-20(22,23)13-24-28-29(26)27-11-5-6-14(12-25)19-17-9-3-1-7-15(17)16-8-2-4-10-18(16)19/h1-4,7-10,12,14,19,24,29H,5-6,11,13H2. The lowest BCUT2D eigenvalue weighted by Gasteiger charge is -2.20. The minimum atomic E-state index is -4.47. The smallest absolute Gasteiger partial charge is 0.310 e. The fourth-order valence-corrected chi connectivity index (χ4v) is 4.21. The van der Waals surface area contributed by atoms with Gasteiger partial charge in [-0.05, 0) is 35.1 Å². The second kappa shape index (κ2) is 9.67. The number of hydrogen-bond acceptors (Lipinski definition) is 5. The highest BCUT2D eigenvalue weighted by molar-refractivity contribution is 7.33. The number of fused-ring (bicyclic) bond motifs is 3. The first-order valence-electron chi connectivity index (χ1n) is 9.17. The van der Waals surface area contributed by atoms with E-state index in [0.29, 0.717) is 12.8 Å². The number of alkyl halides is 3. The second-order valence-electron chi connectivity index (χ2n) is 6.73. The monoisotopic (exact) mass is 427 g/mol. The van der Waals surface area contributed by atoms with Crippen LogP contribution in [0.15, 0.2) is 48.5 Å². The summed E-state index contributed by atoms with van der Waals surface area (Å²) in [6.45, 7) is -1.40. The zero-order chi connectivity index (χ0) is 20.9. The van der Waals surface area contributed by atoms with Gasteiger partial charge in [0.1, 0.15) is 12.8 Å². The Morgan fingerprint density at radius 1 is 1.07 bits per heavy atom. The molecule has 2 aromatic rings. The van der Waals surface area contributed by atoms with Crippen molar-refractivity contribution in [3.8, 4) is 11.1 Å². The highest BCUT2D eigenvalue weighted by Gasteiger charge is 2.33. The Morgan fingerprint density at radius 3 is 2.21 bits per heavy atom. The van der Waals surface area contributed by atoms with Gasteiger partial charge in [0.25, 0.3) is 0 Å². The van der Waals surface area contributed by atoms with E-state index in [2.05, 4.69) is 4.62 Å². The molecule has 9 heteroatoms. The number of hydrogen-bond donors (Lipinski definition) is 1. The first-order chi connectivity index (χ1) is 13.9. The third-order valence-corrected chi connectivity index (χ3v) is 5.57. The van der Waals surface area contributed by atoms with Gasteiger partial charge < -0.3 is 9.32 Å². The van der Waals surface area contributed by atoms with Crippen LogP contribution in [0.25, 0.3) is 11.1 Å². The number of rotatable bonds is 10. The Morgan fingerprint density at radius 2 is 1.66 bits per heavy atom. The molecule has 0 saturated heterocycles. The van der Waals surface area contributed by atoms with E-state index in [1.165, 1.54) is 0 Å². The maximum Gasteiger partial charge on any atom is 0.403 e. The molecule has 0 bridgehead atoms. The van der Waals surface area contributed by atoms with Gasteiger partial charge in [-0.25, -0.2) is 4.62 Å². The van der Waals surface area contributed by atoms with E-state index in [1.807, 2.05) is 48.5 Å². The summed E-state index contributed by atoms with van der Waals surface area (Å²) in [4.78, 5) is 11.8. The van der Waals surface area contributed by atoms with Gasteiger partial charge in [-0.3, -0.25) is 4.57 Å². The number of carbonyl (C=O) groups excluding carboxylic acids is 1. The van der Waals surface area contributed by atoms with Crippen molar-refractivity contribution in [1.29, 1.82) is 0 Å². The van der Waals surface area contributed by atoms with Gasteiger partial charge in [-0.1, -0.05) is 48.5 Å². The Labute approximate surface area is 167 Å². The summed E-state index contributed by atoms with van der Waals surface area (Å²) < 4.78 is 56.7. The molecular formula is C20H21F3NO4P. The highest BCUT2D eigenvalue weighted by atomic mass is 31.1. The van der Waals surface area contributed by atoms with Crippen molar-refractivity contribution in [1.82, 2.24) is 5.48 Å². The molecule has 0 saturated carbocycles. The van der Waals surface area contributed by atoms with E-state index in [4.69, 9.17) is 4.52 Å². The van der Waals surface area contributed by atoms with Crippen molar-refractivity contribution in [3.63, 3.8) is 0 Å². The first kappa shape index (κ1) is 21.7. The van der Waals surface area contributed by atoms with E-state index in [9.17, 15) is 22.5 Å². The number of hydroxylamine groups is 1. The molecule has 1 aliphatic carbocycles. The third kappa shape index (κ3) is 5.54. The van der Waals surface area contributed by atoms with Crippen LogP contribution < -0.4 is 5.48 Å². The third-order valence-electron chi connectivity index (χ3n) is 4.81. The summed E-state index contributed by atoms with van der Waals surface area (Å²) in [7, 11) is -3.08. The maximum atomic E-state index is 12.0. The first-order valence-corrected chi connectivity index (χ1v) is 10.4. The number of carbonyl (C=O) groups is 1. The predicted molar refractivity (Wildman–Crippen MR) is 103 cm³/mol. The molecule has 2 aromatic carbocycles. The summed E-state index contributed by atoms with van der Waals surface area (Å²) >= 11 is 0. The fourth-order valence-electron chi connectivity index (χ4n) is 3.65. The van der Waals surface area contributed by atoms with Crippen LogP contribution in [-0.4, -0.2) is 25.6 Å². The molecule has 0 fully saturated rings. The molecule has 29 heavy (non-hydrogen) atoms. The van der Waals surface area contributed by atoms with Crippen LogP contribution in [0.3, 0.4) is 0 Å². The van der Waals surface area contributed by atoms with Crippen molar-refractivity contribution in [2.45, 2.75) is 24.9 Å². The number of nitrogens with one attached hydrogen (secondary N) is 1. The molecule has 5 nitrogen and oxygen atoms in total. The van der Waals surface area contributed by atoms with Crippen LogP contribution in [-0.2, 0) is 18.5 Å². The highest BCUT2D eigenvalue weighted by Crippen LogP contribution is 2.48. The molecule has 156 valence electrons. The van der Waals surface area contributed by atoms with E-state index in [1.54, 1.807) is 5.48 Å². The zero-order valence-electron chi connectivity index (χ0n) is 15.4. The molecule has 1 aliphatic rings. The molecule has 0 heterocycles. The average Bonchev–Trinajstić information content (AvgIpc) is 3.02. The van der Waals surface area contributed by atoms with Crippen molar-refractivity contribution in [2.24, 2.45) is 5.92 Å². The molecule has 0 aromatic heterocycles. The topological polar surface area (TPSA) is 64.6 Å². The lowest BCUT2D eigenvalue weighted by Crippen LogP contribution is -2.27. The maximum absolute atomic E-state index is 12.0. The van der Waals surface area contributed by atoms with Crippen LogP contribution >= 0.6 is 8.25 Å². The number of aldehydes is 1. The van der Waals surface area contributed by atoms with Gasteiger partial charge in [0.05, 0.1) is 6.61 Å². The van der Waals surface area contributed by atoms with Gasteiger partial charge in [0, 0.05) is 11.8 Å². The van der Waals surface area contributed by atoms with Gasteiger partial charge in [0.15, 0.2) is 0 Å². The van der Waals surface area contributed by atoms with E-state index >= 15 is 0 Å². The van der Waals surface area contributed by atoms with Gasteiger partial charge in [-0.15, -0.1) is 0 Å². The number of halogens is 3. The second-order valence-corrected chi connectivity index (χ2v) is 7.72. The minimum Gasteiger partial charge on any atom is -0.310 e. The summed E-state index contributed by atoms with van der Waals surface area (Å²) in [5.41, 5.74) is 6.01. The van der Waals surface area contributed by atoms with E-state index in [0.717, 1.165) is 28.5 Å². The molecule has 1 N–H and O–H groups in total. The van der Waals surface area contributed by atoms with Crippen LogP contribution in [0, 0.1) is 5.92 Å². The zero-order valence-corrected chi connectivity index (χ0v) is 16.4. The predicted octanol–water partition coefficient (Wildman–Crippen LogP) is 4.88. The van der Waals surface area contributed by atoms with Crippen molar-refractivity contribution >= 4 is 14.5 Å². The summed E-state index contributed by atoms with van der Waals surface area (Å²) in [5, 5.41) is 0. The molecule has 0 radical (unpaired) electrons. The van der Waals surface area contributed by atoms with Gasteiger partial charge in [0.2, 0.25) is 0 Å². The van der Waals surface area contributed by atoms with Crippen molar-refractivity contribution in [2.75, 3.05) is 13.2 Å². The normalized spacial score (nSPS) is 15.6. The lowest BCUT2D eigenvalue weighted by atomic mass is 9.82. The fraction of sp³-hybridized carbons (Fsp3) is 0.350. The van der Waals surface area contributed by atoms with Crippen molar-refractivity contribution in [3.05, 3.63) is 59.7 Å².